The SMILES string of the molecule is O=C(Nc1c(F)ccc(NS(=O)(=O)C2CCOCC2)c1F)c1cnc2[nH+]c[nH]c2c1. The third-order valence-electron chi connectivity index (χ3n) is 4.78. The highest BCUT2D eigenvalue weighted by molar-refractivity contribution is 7.93. The summed E-state index contributed by atoms with van der Waals surface area (Å²) in [5.41, 5.74) is -0.114. The zero-order chi connectivity index (χ0) is 21.3. The first-order valence-electron chi connectivity index (χ1n) is 9.08. The van der Waals surface area contributed by atoms with Crippen LogP contribution in [0.15, 0.2) is 30.7 Å². The Morgan fingerprint density at radius 2 is 2.03 bits per heavy atom. The maximum Gasteiger partial charge on any atom is 0.299 e. The minimum Gasteiger partial charge on any atom is -0.381 e. The number of carbonyl (C=O) groups is 1. The molecule has 0 saturated carbocycles. The number of benzene rings is 1. The lowest BCUT2D eigenvalue weighted by atomic mass is 10.2. The molecule has 0 radical (unpaired) electrons. The van der Waals surface area contributed by atoms with Crippen molar-refractivity contribution in [2.45, 2.75) is 18.1 Å². The summed E-state index contributed by atoms with van der Waals surface area (Å²) in [6, 6.07) is 3.31. The van der Waals surface area contributed by atoms with E-state index < -0.39 is 44.2 Å². The molecule has 2 aromatic heterocycles. The van der Waals surface area contributed by atoms with Gasteiger partial charge in [-0.25, -0.2) is 22.2 Å². The molecule has 12 heteroatoms. The standard InChI is InChI=1S/C18H17F2N5O4S/c19-12-1-2-13(25-30(27,28)11-3-5-29-6-4-11)15(20)16(12)24-18(26)10-7-14-17(21-8-10)23-9-22-14/h1-2,7-9,11,25H,3-6H2,(H,24,26)(H,21,22,23)/p+1. The summed E-state index contributed by atoms with van der Waals surface area (Å²) < 4.78 is 61.4. The van der Waals surface area contributed by atoms with Gasteiger partial charge in [-0.15, -0.1) is 4.98 Å². The second-order valence-corrected chi connectivity index (χ2v) is 8.71. The Labute approximate surface area is 169 Å². The maximum atomic E-state index is 14.9. The van der Waals surface area contributed by atoms with Gasteiger partial charge in [-0.1, -0.05) is 0 Å². The molecule has 0 unspecified atom stereocenters. The van der Waals surface area contributed by atoms with Gasteiger partial charge in [0, 0.05) is 13.2 Å². The molecule has 3 aromatic rings. The van der Waals surface area contributed by atoms with Crippen LogP contribution < -0.4 is 15.0 Å². The van der Waals surface area contributed by atoms with Crippen LogP contribution in [-0.2, 0) is 14.8 Å². The number of hydrogen-bond donors (Lipinski definition) is 3. The van der Waals surface area contributed by atoms with Gasteiger partial charge >= 0.3 is 0 Å². The quantitative estimate of drug-likeness (QED) is 0.560. The summed E-state index contributed by atoms with van der Waals surface area (Å²) in [7, 11) is -3.91. The largest absolute Gasteiger partial charge is 0.381 e. The molecule has 1 aliphatic heterocycles. The topological polar surface area (TPSA) is 127 Å². The fourth-order valence-electron chi connectivity index (χ4n) is 3.15. The van der Waals surface area contributed by atoms with Crippen molar-refractivity contribution >= 4 is 38.5 Å². The van der Waals surface area contributed by atoms with E-state index in [1.54, 1.807) is 0 Å². The fourth-order valence-corrected chi connectivity index (χ4v) is 4.59. The van der Waals surface area contributed by atoms with Gasteiger partial charge in [0.25, 0.3) is 11.6 Å². The third kappa shape index (κ3) is 3.96. The van der Waals surface area contributed by atoms with Crippen LogP contribution in [0.2, 0.25) is 0 Å². The number of halogens is 2. The van der Waals surface area contributed by atoms with Crippen molar-refractivity contribution in [1.82, 2.24) is 9.97 Å². The summed E-state index contributed by atoms with van der Waals surface area (Å²) >= 11 is 0. The lowest BCUT2D eigenvalue weighted by Gasteiger charge is -2.23. The summed E-state index contributed by atoms with van der Waals surface area (Å²) in [4.78, 5) is 22.2. The van der Waals surface area contributed by atoms with Gasteiger partial charge in [-0.2, -0.15) is 0 Å². The number of sulfonamides is 1. The zero-order valence-electron chi connectivity index (χ0n) is 15.5. The van der Waals surface area contributed by atoms with E-state index in [2.05, 4.69) is 25.0 Å². The summed E-state index contributed by atoms with van der Waals surface area (Å²) in [5, 5.41) is 1.40. The van der Waals surface area contributed by atoms with Gasteiger partial charge in [0.2, 0.25) is 10.0 Å². The van der Waals surface area contributed by atoms with Crippen LogP contribution in [0.4, 0.5) is 20.2 Å². The van der Waals surface area contributed by atoms with Gasteiger partial charge in [0.05, 0.1) is 16.5 Å². The third-order valence-corrected chi connectivity index (χ3v) is 6.63. The number of H-pyrrole nitrogens is 2. The van der Waals surface area contributed by atoms with E-state index in [1.165, 1.54) is 18.6 Å². The van der Waals surface area contributed by atoms with Gasteiger partial charge in [-0.05, 0) is 31.0 Å². The average Bonchev–Trinajstić information content (AvgIpc) is 3.21. The molecule has 0 aliphatic carbocycles. The van der Waals surface area contributed by atoms with Crippen molar-refractivity contribution in [3.63, 3.8) is 0 Å². The molecule has 1 fully saturated rings. The van der Waals surface area contributed by atoms with E-state index in [-0.39, 0.29) is 31.6 Å². The number of imidazole rings is 1. The molecule has 1 aliphatic rings. The second kappa shape index (κ2) is 7.95. The summed E-state index contributed by atoms with van der Waals surface area (Å²) in [6.45, 7) is 0.575. The van der Waals surface area contributed by atoms with E-state index in [0.717, 1.165) is 12.1 Å². The molecule has 30 heavy (non-hydrogen) atoms. The van der Waals surface area contributed by atoms with Crippen LogP contribution in [0.3, 0.4) is 0 Å². The van der Waals surface area contributed by atoms with E-state index in [0.29, 0.717) is 11.2 Å². The van der Waals surface area contributed by atoms with E-state index >= 15 is 0 Å². The molecular weight excluding hydrogens is 420 g/mol. The Hall–Kier alpha value is -3.12. The maximum absolute atomic E-state index is 14.9. The first-order chi connectivity index (χ1) is 14.3. The van der Waals surface area contributed by atoms with Crippen molar-refractivity contribution in [2.75, 3.05) is 23.3 Å². The van der Waals surface area contributed by atoms with Gasteiger partial charge in [0.15, 0.2) is 17.7 Å². The number of carbonyl (C=O) groups excluding carboxylic acids is 1. The minimum absolute atomic E-state index is 0.0605. The number of fused-ring (bicyclic) bond motifs is 1. The molecule has 1 amide bonds. The molecule has 9 nitrogen and oxygen atoms in total. The molecule has 0 spiro atoms. The Morgan fingerprint density at radius 3 is 2.80 bits per heavy atom. The number of aromatic amines is 2. The molecule has 4 N–H and O–H groups in total. The van der Waals surface area contributed by atoms with Crippen molar-refractivity contribution in [1.29, 1.82) is 0 Å². The highest BCUT2D eigenvalue weighted by Gasteiger charge is 2.29. The molecular formula is C18H18F2N5O4S+. The Kier molecular flexibility index (Phi) is 5.35. The van der Waals surface area contributed by atoms with Crippen LogP contribution in [0.25, 0.3) is 11.2 Å². The van der Waals surface area contributed by atoms with E-state index in [9.17, 15) is 22.0 Å². The van der Waals surface area contributed by atoms with Crippen molar-refractivity contribution in [3.8, 4) is 0 Å². The van der Waals surface area contributed by atoms with Crippen LogP contribution in [0.5, 0.6) is 0 Å². The summed E-state index contributed by atoms with van der Waals surface area (Å²) in [5.74, 6) is -3.07. The number of aromatic nitrogens is 3. The van der Waals surface area contributed by atoms with Crippen molar-refractivity contribution < 1.29 is 31.7 Å². The predicted molar refractivity (Wildman–Crippen MR) is 103 cm³/mol. The molecule has 0 bridgehead atoms. The number of nitrogens with zero attached hydrogens (tertiary/aromatic N) is 1. The highest BCUT2D eigenvalue weighted by Crippen LogP contribution is 2.28. The van der Waals surface area contributed by atoms with E-state index in [4.69, 9.17) is 4.74 Å². The van der Waals surface area contributed by atoms with Gasteiger partial charge in [0.1, 0.15) is 17.7 Å². The lowest BCUT2D eigenvalue weighted by molar-refractivity contribution is -0.347. The lowest BCUT2D eigenvalue weighted by Crippen LogP contribution is -2.33. The van der Waals surface area contributed by atoms with Gasteiger partial charge < -0.3 is 10.1 Å². The molecule has 158 valence electrons. The minimum atomic E-state index is -3.91. The fraction of sp³-hybridized carbons (Fsp3) is 0.278. The van der Waals surface area contributed by atoms with E-state index in [1.807, 2.05) is 0 Å². The Bertz CT molecular complexity index is 1210. The van der Waals surface area contributed by atoms with Crippen molar-refractivity contribution in [2.24, 2.45) is 0 Å². The Balaban J connectivity index is 1.58. The van der Waals surface area contributed by atoms with Crippen LogP contribution >= 0.6 is 0 Å². The number of amides is 1. The first kappa shape index (κ1) is 20.2. The second-order valence-electron chi connectivity index (χ2n) is 6.75. The number of rotatable bonds is 5. The molecule has 0 atom stereocenters. The average molecular weight is 438 g/mol. The number of nitrogens with one attached hydrogen (secondary N) is 4. The monoisotopic (exact) mass is 438 g/mol. The highest BCUT2D eigenvalue weighted by atomic mass is 32.2. The number of hydrogen-bond acceptors (Lipinski definition) is 5. The molecule has 4 rings (SSSR count). The van der Waals surface area contributed by atoms with Crippen LogP contribution in [-0.4, -0.2) is 42.8 Å². The smallest absolute Gasteiger partial charge is 0.299 e. The number of anilines is 2. The first-order valence-corrected chi connectivity index (χ1v) is 10.6. The normalized spacial score (nSPS) is 15.3. The van der Waals surface area contributed by atoms with Crippen LogP contribution in [0.1, 0.15) is 23.2 Å². The van der Waals surface area contributed by atoms with Crippen molar-refractivity contribution in [3.05, 3.63) is 47.9 Å². The number of pyridine rings is 1. The molecule has 3 heterocycles. The predicted octanol–water partition coefficient (Wildman–Crippen LogP) is 1.83. The van der Waals surface area contributed by atoms with Crippen LogP contribution in [0, 0.1) is 11.6 Å². The molecule has 1 saturated heterocycles. The van der Waals surface area contributed by atoms with Gasteiger partial charge in [-0.3, -0.25) is 14.5 Å². The zero-order valence-corrected chi connectivity index (χ0v) is 16.4. The summed E-state index contributed by atoms with van der Waals surface area (Å²) in [6.07, 6.45) is 3.31. The number of ether oxygens (including phenoxy) is 1. The molecule has 1 aromatic carbocycles. The Morgan fingerprint density at radius 1 is 1.27 bits per heavy atom.